The second-order valence-electron chi connectivity index (χ2n) is 16.9. The zero-order chi connectivity index (χ0) is 38.1. The van der Waals surface area contributed by atoms with Crippen LogP contribution in [-0.2, 0) is 4.74 Å². The first-order valence-electron chi connectivity index (χ1n) is 19.9. The quantitative estimate of drug-likeness (QED) is 0.187. The number of phenolic OH excluding ortho intramolecular Hbond substituents is 1. The molecule has 4 aromatic rings. The molecule has 3 saturated heterocycles. The number of β-amino-alcohol motifs (C(OH)–C–C–N with tert-alkyl or cyclic N) is 1. The SMILES string of the molecule is C#Cc1c(F)ccc2cc(O)cc(-c3nc(OC)c4c(N5CCCC(C)(O)C5)nc(OCC56CCCC5N(C5CCC7(CCO7)CC5)CCC6)nc4c3F)c12. The number of terminal acetylenes is 1. The lowest BCUT2D eigenvalue weighted by molar-refractivity contribution is -0.175. The molecule has 2 aromatic heterocycles. The van der Waals surface area contributed by atoms with E-state index in [4.69, 9.17) is 30.6 Å². The molecular weight excluding hydrogens is 704 g/mol. The Labute approximate surface area is 320 Å². The van der Waals surface area contributed by atoms with Crippen molar-refractivity contribution >= 4 is 27.5 Å². The zero-order valence-corrected chi connectivity index (χ0v) is 31.7. The number of aromatic nitrogens is 3. The van der Waals surface area contributed by atoms with Crippen molar-refractivity contribution in [1.82, 2.24) is 19.9 Å². The monoisotopic (exact) mass is 753 g/mol. The highest BCUT2D eigenvalue weighted by atomic mass is 19.1. The highest BCUT2D eigenvalue weighted by molar-refractivity contribution is 6.04. The normalized spacial score (nSPS) is 29.6. The maximum atomic E-state index is 17.3. The molecule has 0 radical (unpaired) electrons. The zero-order valence-electron chi connectivity index (χ0n) is 31.7. The smallest absolute Gasteiger partial charge is 0.319 e. The van der Waals surface area contributed by atoms with Gasteiger partial charge in [-0.3, -0.25) is 4.90 Å². The van der Waals surface area contributed by atoms with Gasteiger partial charge in [0, 0.05) is 41.5 Å². The average Bonchev–Trinajstić information content (AvgIpc) is 3.61. The van der Waals surface area contributed by atoms with Crippen LogP contribution in [0.1, 0.15) is 89.5 Å². The highest BCUT2D eigenvalue weighted by Crippen LogP contribution is 2.51. The Morgan fingerprint density at radius 2 is 1.76 bits per heavy atom. The number of benzene rings is 2. The van der Waals surface area contributed by atoms with Crippen molar-refractivity contribution in [3.8, 4) is 41.2 Å². The molecular formula is C43H49F2N5O5. The van der Waals surface area contributed by atoms with Gasteiger partial charge in [0.2, 0.25) is 5.88 Å². The van der Waals surface area contributed by atoms with Crippen LogP contribution in [0.4, 0.5) is 14.6 Å². The van der Waals surface area contributed by atoms with Crippen molar-refractivity contribution in [3.63, 3.8) is 0 Å². The number of methoxy groups -OCH3 is 1. The van der Waals surface area contributed by atoms with Crippen LogP contribution in [0.2, 0.25) is 0 Å². The summed E-state index contributed by atoms with van der Waals surface area (Å²) in [6.07, 6.45) is 18.2. The van der Waals surface area contributed by atoms with E-state index in [1.54, 1.807) is 6.92 Å². The summed E-state index contributed by atoms with van der Waals surface area (Å²) in [7, 11) is 1.43. The van der Waals surface area contributed by atoms with E-state index in [9.17, 15) is 10.2 Å². The van der Waals surface area contributed by atoms with Gasteiger partial charge in [-0.15, -0.1) is 6.42 Å². The molecule has 1 spiro atoms. The topological polar surface area (TPSA) is 113 Å². The van der Waals surface area contributed by atoms with Gasteiger partial charge in [-0.05, 0) is 108 Å². The number of likely N-dealkylation sites (tertiary alicyclic amines) is 1. The largest absolute Gasteiger partial charge is 0.508 e. The minimum Gasteiger partial charge on any atom is -0.508 e. The second-order valence-corrected chi connectivity index (χ2v) is 16.9. The van der Waals surface area contributed by atoms with Gasteiger partial charge in [0.1, 0.15) is 34.0 Å². The van der Waals surface area contributed by atoms with Crippen LogP contribution in [-0.4, -0.2) is 93.3 Å². The van der Waals surface area contributed by atoms with Gasteiger partial charge < -0.3 is 29.3 Å². The van der Waals surface area contributed by atoms with Gasteiger partial charge in [-0.1, -0.05) is 18.4 Å². The first-order valence-corrected chi connectivity index (χ1v) is 19.9. The molecule has 12 heteroatoms. The van der Waals surface area contributed by atoms with Gasteiger partial charge in [-0.25, -0.2) is 13.8 Å². The van der Waals surface area contributed by atoms with E-state index in [0.717, 1.165) is 70.9 Å². The molecule has 55 heavy (non-hydrogen) atoms. The van der Waals surface area contributed by atoms with E-state index in [2.05, 4.69) is 15.8 Å². The number of halogens is 2. The molecule has 2 saturated carbocycles. The third kappa shape index (κ3) is 6.23. The summed E-state index contributed by atoms with van der Waals surface area (Å²) >= 11 is 0. The Bertz CT molecular complexity index is 2190. The van der Waals surface area contributed by atoms with Gasteiger partial charge in [0.25, 0.3) is 0 Å². The van der Waals surface area contributed by atoms with Crippen LogP contribution >= 0.6 is 0 Å². The summed E-state index contributed by atoms with van der Waals surface area (Å²) in [5.74, 6) is 1.14. The lowest BCUT2D eigenvalue weighted by atomic mass is 9.72. The fourth-order valence-corrected chi connectivity index (χ4v) is 10.7. The van der Waals surface area contributed by atoms with E-state index in [-0.39, 0.29) is 68.3 Å². The number of ether oxygens (including phenoxy) is 3. The molecule has 2 N–H and O–H groups in total. The summed E-state index contributed by atoms with van der Waals surface area (Å²) in [5, 5.41) is 22.8. The lowest BCUT2D eigenvalue weighted by Crippen LogP contribution is -2.58. The number of phenols is 1. The number of pyridine rings is 1. The maximum Gasteiger partial charge on any atom is 0.319 e. The minimum atomic E-state index is -1.00. The Hall–Kier alpha value is -4.31. The van der Waals surface area contributed by atoms with Crippen molar-refractivity contribution in [2.24, 2.45) is 5.41 Å². The number of rotatable bonds is 7. The van der Waals surface area contributed by atoms with Crippen molar-refractivity contribution < 1.29 is 33.2 Å². The van der Waals surface area contributed by atoms with Gasteiger partial charge in [0.05, 0.1) is 37.1 Å². The third-order valence-electron chi connectivity index (χ3n) is 13.5. The molecule has 3 unspecified atom stereocenters. The fraction of sp³-hybridized carbons (Fsp3) is 0.558. The van der Waals surface area contributed by atoms with Crippen LogP contribution in [0.3, 0.4) is 0 Å². The minimum absolute atomic E-state index is 0.0285. The summed E-state index contributed by atoms with van der Waals surface area (Å²) in [4.78, 5) is 19.0. The molecule has 290 valence electrons. The van der Waals surface area contributed by atoms with Crippen molar-refractivity contribution in [1.29, 1.82) is 0 Å². The lowest BCUT2D eigenvalue weighted by Gasteiger charge is -2.53. The van der Waals surface area contributed by atoms with Crippen molar-refractivity contribution in [2.45, 2.75) is 107 Å². The van der Waals surface area contributed by atoms with E-state index in [0.29, 0.717) is 49.3 Å². The van der Waals surface area contributed by atoms with Crippen molar-refractivity contribution in [3.05, 3.63) is 41.5 Å². The molecule has 10 nitrogen and oxygen atoms in total. The number of piperidine rings is 2. The predicted octanol–water partition coefficient (Wildman–Crippen LogP) is 7.29. The molecule has 2 aliphatic carbocycles. The predicted molar refractivity (Wildman–Crippen MR) is 205 cm³/mol. The average molecular weight is 754 g/mol. The summed E-state index contributed by atoms with van der Waals surface area (Å²) in [6, 6.07) is 6.42. The van der Waals surface area contributed by atoms with E-state index < -0.39 is 17.2 Å². The van der Waals surface area contributed by atoms with E-state index in [1.165, 1.54) is 37.8 Å². The molecule has 2 aromatic carbocycles. The number of hydrogen-bond acceptors (Lipinski definition) is 10. The van der Waals surface area contributed by atoms with Gasteiger partial charge >= 0.3 is 6.01 Å². The van der Waals surface area contributed by atoms with Crippen LogP contribution < -0.4 is 14.4 Å². The van der Waals surface area contributed by atoms with E-state index in [1.807, 2.05) is 4.90 Å². The molecule has 3 aliphatic heterocycles. The van der Waals surface area contributed by atoms with Crippen LogP contribution in [0.15, 0.2) is 24.3 Å². The molecule has 5 fully saturated rings. The summed E-state index contributed by atoms with van der Waals surface area (Å²) < 4.78 is 50.9. The first kappa shape index (κ1) is 36.3. The van der Waals surface area contributed by atoms with Crippen LogP contribution in [0.25, 0.3) is 32.9 Å². The number of hydrogen-bond donors (Lipinski definition) is 2. The Morgan fingerprint density at radius 3 is 2.49 bits per heavy atom. The van der Waals surface area contributed by atoms with Gasteiger partial charge in [-0.2, -0.15) is 9.97 Å². The molecule has 3 atom stereocenters. The highest BCUT2D eigenvalue weighted by Gasteiger charge is 2.52. The maximum absolute atomic E-state index is 17.3. The molecule has 9 rings (SSSR count). The van der Waals surface area contributed by atoms with Crippen molar-refractivity contribution in [2.75, 3.05) is 44.9 Å². The fourth-order valence-electron chi connectivity index (χ4n) is 10.7. The summed E-state index contributed by atoms with van der Waals surface area (Å²) in [6.45, 7) is 4.97. The Kier molecular flexibility index (Phi) is 9.06. The molecule has 5 heterocycles. The number of aromatic hydroxyl groups is 1. The van der Waals surface area contributed by atoms with Gasteiger partial charge in [0.15, 0.2) is 5.82 Å². The molecule has 0 amide bonds. The first-order chi connectivity index (χ1) is 26.5. The number of anilines is 1. The number of aliphatic hydroxyl groups is 1. The number of nitrogens with zero attached hydrogens (tertiary/aromatic N) is 5. The molecule has 5 aliphatic rings. The summed E-state index contributed by atoms with van der Waals surface area (Å²) in [5.41, 5.74) is -1.26. The Balaban J connectivity index is 1.13. The van der Waals surface area contributed by atoms with Crippen LogP contribution in [0.5, 0.6) is 17.6 Å². The Morgan fingerprint density at radius 1 is 0.982 bits per heavy atom. The standard InChI is InChI=1S/C43H49F2N5O5/c1-4-29-31(44)10-9-26-22-28(51)23-30(33(26)29)36-35(45)37-34(39(46-36)53-3)38(49-19-6-13-41(2,52)24-49)48-40(47-37)54-25-42-14-5-8-32(42)50(20-7-15-42)27-11-16-43(17-12-27)18-21-55-43/h1,9-10,22-23,27,32,51-52H,5-8,11-21,24-25H2,2-3H3. The van der Waals surface area contributed by atoms with Crippen LogP contribution in [0, 0.1) is 29.4 Å². The number of fused-ring (bicyclic) bond motifs is 3. The van der Waals surface area contributed by atoms with E-state index >= 15 is 8.78 Å². The second kappa shape index (κ2) is 13.7. The third-order valence-corrected chi connectivity index (χ3v) is 13.5. The molecule has 0 bridgehead atoms.